The molecule has 0 unspecified atom stereocenters. The Labute approximate surface area is 92.3 Å². The number of nitrogen functional groups attached to an aromatic ring is 1. The molecule has 0 saturated heterocycles. The fourth-order valence-electron chi connectivity index (χ4n) is 1.14. The molecule has 1 rings (SSSR count). The van der Waals surface area contributed by atoms with Gasteiger partial charge in [0.1, 0.15) is 6.61 Å². The van der Waals surface area contributed by atoms with Crippen molar-refractivity contribution in [2.75, 3.05) is 26.1 Å². The quantitative estimate of drug-likeness (QED) is 0.667. The second-order valence-corrected chi connectivity index (χ2v) is 3.86. The largest absolute Gasteiger partial charge is 0.488 e. The lowest BCUT2D eigenvalue weighted by atomic mass is 10.2. The third-order valence-corrected chi connectivity index (χ3v) is 2.34. The summed E-state index contributed by atoms with van der Waals surface area (Å²) in [6.07, 6.45) is 0. The number of anilines is 1. The molecule has 1 aromatic rings. The zero-order chi connectivity index (χ0) is 10.6. The summed E-state index contributed by atoms with van der Waals surface area (Å²) in [4.78, 5) is 0. The van der Waals surface area contributed by atoms with Crippen LogP contribution in [-0.4, -0.2) is 20.3 Å². The van der Waals surface area contributed by atoms with Crippen molar-refractivity contribution in [3.63, 3.8) is 0 Å². The van der Waals surface area contributed by atoms with E-state index in [-0.39, 0.29) is 0 Å². The highest BCUT2D eigenvalue weighted by molar-refractivity contribution is 9.10. The van der Waals surface area contributed by atoms with Crippen LogP contribution in [0, 0.1) is 6.92 Å². The molecule has 2 N–H and O–H groups in total. The molecule has 0 atom stereocenters. The Kier molecular flexibility index (Phi) is 4.22. The summed E-state index contributed by atoms with van der Waals surface area (Å²) in [6, 6.07) is 3.85. The van der Waals surface area contributed by atoms with Gasteiger partial charge in [0.05, 0.1) is 16.8 Å². The number of ether oxygens (including phenoxy) is 2. The van der Waals surface area contributed by atoms with Gasteiger partial charge in [-0.25, -0.2) is 0 Å². The van der Waals surface area contributed by atoms with Gasteiger partial charge in [-0.3, -0.25) is 0 Å². The Morgan fingerprint density at radius 1 is 1.36 bits per heavy atom. The van der Waals surface area contributed by atoms with Crippen LogP contribution in [0.2, 0.25) is 0 Å². The maximum Gasteiger partial charge on any atom is 0.156 e. The first kappa shape index (κ1) is 11.3. The van der Waals surface area contributed by atoms with Gasteiger partial charge >= 0.3 is 0 Å². The third-order valence-electron chi connectivity index (χ3n) is 1.75. The van der Waals surface area contributed by atoms with Crippen LogP contribution in [0.5, 0.6) is 5.75 Å². The number of halogens is 1. The zero-order valence-electron chi connectivity index (χ0n) is 8.34. The van der Waals surface area contributed by atoms with E-state index in [2.05, 4.69) is 15.9 Å². The van der Waals surface area contributed by atoms with Crippen LogP contribution in [0.15, 0.2) is 16.6 Å². The number of nitrogens with two attached hydrogens (primary N) is 1. The molecule has 4 heteroatoms. The van der Waals surface area contributed by atoms with E-state index < -0.39 is 0 Å². The molecule has 0 radical (unpaired) electrons. The number of rotatable bonds is 4. The maximum absolute atomic E-state index is 5.81. The van der Waals surface area contributed by atoms with Crippen LogP contribution in [0.1, 0.15) is 5.56 Å². The van der Waals surface area contributed by atoms with Crippen LogP contribution in [0.3, 0.4) is 0 Å². The van der Waals surface area contributed by atoms with Crippen molar-refractivity contribution >= 4 is 21.6 Å². The number of hydrogen-bond donors (Lipinski definition) is 1. The average Bonchev–Trinajstić information content (AvgIpc) is 2.09. The summed E-state index contributed by atoms with van der Waals surface area (Å²) < 4.78 is 11.2. The fraction of sp³-hybridized carbons (Fsp3) is 0.400. The van der Waals surface area contributed by atoms with Crippen LogP contribution < -0.4 is 10.5 Å². The van der Waals surface area contributed by atoms with Gasteiger partial charge in [-0.1, -0.05) is 0 Å². The Hall–Kier alpha value is -0.740. The van der Waals surface area contributed by atoms with Gasteiger partial charge < -0.3 is 15.2 Å². The predicted octanol–water partition coefficient (Wildman–Crippen LogP) is 2.36. The first-order valence-corrected chi connectivity index (χ1v) is 5.12. The molecule has 14 heavy (non-hydrogen) atoms. The molecular formula is C10H14BrNO2. The Morgan fingerprint density at radius 3 is 2.64 bits per heavy atom. The fourth-order valence-corrected chi connectivity index (χ4v) is 1.84. The maximum atomic E-state index is 5.81. The van der Waals surface area contributed by atoms with Crippen LogP contribution in [0.4, 0.5) is 5.69 Å². The van der Waals surface area contributed by atoms with E-state index in [1.54, 1.807) is 7.11 Å². The van der Waals surface area contributed by atoms with Crippen molar-refractivity contribution in [1.29, 1.82) is 0 Å². The van der Waals surface area contributed by atoms with E-state index in [9.17, 15) is 0 Å². The number of hydrogen-bond acceptors (Lipinski definition) is 3. The summed E-state index contributed by atoms with van der Waals surface area (Å²) in [7, 11) is 1.64. The van der Waals surface area contributed by atoms with Gasteiger partial charge in [0.2, 0.25) is 0 Å². The second-order valence-electron chi connectivity index (χ2n) is 3.01. The molecule has 0 bridgehead atoms. The number of benzene rings is 1. The van der Waals surface area contributed by atoms with Crippen LogP contribution in [-0.2, 0) is 4.74 Å². The summed E-state index contributed by atoms with van der Waals surface area (Å²) in [5, 5.41) is 0. The zero-order valence-corrected chi connectivity index (χ0v) is 9.93. The van der Waals surface area contributed by atoms with Crippen LogP contribution >= 0.6 is 15.9 Å². The summed E-state index contributed by atoms with van der Waals surface area (Å²) in [5.41, 5.74) is 7.56. The topological polar surface area (TPSA) is 44.5 Å². The Balaban J connectivity index is 2.75. The van der Waals surface area contributed by atoms with E-state index in [0.717, 1.165) is 10.0 Å². The highest BCUT2D eigenvalue weighted by Gasteiger charge is 2.06. The van der Waals surface area contributed by atoms with Crippen molar-refractivity contribution in [1.82, 2.24) is 0 Å². The molecule has 0 spiro atoms. The molecule has 0 saturated carbocycles. The summed E-state index contributed by atoms with van der Waals surface area (Å²) >= 11 is 3.40. The SMILES string of the molecule is COCCOc1c(N)cc(C)cc1Br. The van der Waals surface area contributed by atoms with Crippen LogP contribution in [0.25, 0.3) is 0 Å². The lowest BCUT2D eigenvalue weighted by molar-refractivity contribution is 0.146. The molecule has 0 amide bonds. The molecule has 0 heterocycles. The smallest absolute Gasteiger partial charge is 0.156 e. The van der Waals surface area contributed by atoms with Crippen molar-refractivity contribution in [3.05, 3.63) is 22.2 Å². The van der Waals surface area contributed by atoms with Gasteiger partial charge in [0.25, 0.3) is 0 Å². The van der Waals surface area contributed by atoms with E-state index in [4.69, 9.17) is 15.2 Å². The van der Waals surface area contributed by atoms with Gasteiger partial charge in [0.15, 0.2) is 5.75 Å². The van der Waals surface area contributed by atoms with Gasteiger partial charge in [-0.05, 0) is 40.5 Å². The van der Waals surface area contributed by atoms with Crippen molar-refractivity contribution < 1.29 is 9.47 Å². The lowest BCUT2D eigenvalue weighted by Crippen LogP contribution is -2.06. The molecule has 0 aliphatic rings. The van der Waals surface area contributed by atoms with Crippen molar-refractivity contribution in [2.24, 2.45) is 0 Å². The molecule has 1 aromatic carbocycles. The minimum atomic E-state index is 0.502. The molecule has 0 aliphatic carbocycles. The molecule has 78 valence electrons. The molecule has 3 nitrogen and oxygen atoms in total. The van der Waals surface area contributed by atoms with Crippen molar-refractivity contribution in [3.8, 4) is 5.75 Å². The minimum Gasteiger partial charge on any atom is -0.488 e. The average molecular weight is 260 g/mol. The first-order chi connectivity index (χ1) is 6.65. The van der Waals surface area contributed by atoms with E-state index in [0.29, 0.717) is 24.7 Å². The van der Waals surface area contributed by atoms with E-state index in [1.165, 1.54) is 0 Å². The second kappa shape index (κ2) is 5.22. The standard InChI is InChI=1S/C10H14BrNO2/c1-7-5-8(11)10(9(12)6-7)14-4-3-13-2/h5-6H,3-4,12H2,1-2H3. The molecule has 0 aliphatic heterocycles. The number of methoxy groups -OCH3 is 1. The van der Waals surface area contributed by atoms with E-state index in [1.807, 2.05) is 19.1 Å². The van der Waals surface area contributed by atoms with Gasteiger partial charge in [0, 0.05) is 7.11 Å². The van der Waals surface area contributed by atoms with Crippen molar-refractivity contribution in [2.45, 2.75) is 6.92 Å². The minimum absolute atomic E-state index is 0.502. The lowest BCUT2D eigenvalue weighted by Gasteiger charge is -2.11. The van der Waals surface area contributed by atoms with Gasteiger partial charge in [-0.2, -0.15) is 0 Å². The summed E-state index contributed by atoms with van der Waals surface area (Å²) in [6.45, 7) is 3.04. The highest BCUT2D eigenvalue weighted by Crippen LogP contribution is 2.32. The highest BCUT2D eigenvalue weighted by atomic mass is 79.9. The first-order valence-electron chi connectivity index (χ1n) is 4.32. The Morgan fingerprint density at radius 2 is 2.07 bits per heavy atom. The summed E-state index contributed by atoms with van der Waals surface area (Å²) in [5.74, 6) is 0.688. The monoisotopic (exact) mass is 259 g/mol. The molecular weight excluding hydrogens is 246 g/mol. The third kappa shape index (κ3) is 2.89. The normalized spacial score (nSPS) is 10.2. The van der Waals surface area contributed by atoms with E-state index >= 15 is 0 Å². The number of aryl methyl sites for hydroxylation is 1. The van der Waals surface area contributed by atoms with Gasteiger partial charge in [-0.15, -0.1) is 0 Å². The predicted molar refractivity (Wildman–Crippen MR) is 60.7 cm³/mol. The molecule has 0 fully saturated rings. The Bertz CT molecular complexity index is 292. The molecule has 0 aromatic heterocycles.